The number of hydrogen-bond donors (Lipinski definition) is 1. The van der Waals surface area contributed by atoms with Gasteiger partial charge in [-0.2, -0.15) is 0 Å². The standard InChI is InChI=1S/C24H23FN2O6/c1-3-31-24(30)22-14(2)27(12-15-4-9-19-20(10-15)33-13-32-19)23(29)18(22)11-21(28)26-17-7-5-16(25)6-8-17/h4-10,18H,3,11-13H2,1-2H3,(H,26,28). The van der Waals surface area contributed by atoms with Crippen LogP contribution in [-0.4, -0.2) is 36.1 Å². The molecule has 2 heterocycles. The van der Waals surface area contributed by atoms with Crippen LogP contribution in [0.2, 0.25) is 0 Å². The van der Waals surface area contributed by atoms with Gasteiger partial charge in [0, 0.05) is 17.8 Å². The van der Waals surface area contributed by atoms with Gasteiger partial charge in [0.1, 0.15) is 5.82 Å². The van der Waals surface area contributed by atoms with E-state index in [1.54, 1.807) is 26.0 Å². The Bertz CT molecular complexity index is 1130. The maximum absolute atomic E-state index is 13.3. The van der Waals surface area contributed by atoms with E-state index in [4.69, 9.17) is 14.2 Å². The van der Waals surface area contributed by atoms with Gasteiger partial charge < -0.3 is 24.4 Å². The molecule has 8 nitrogen and oxygen atoms in total. The molecule has 0 aliphatic carbocycles. The number of rotatable bonds is 7. The number of halogens is 1. The lowest BCUT2D eigenvalue weighted by Gasteiger charge is -2.19. The summed E-state index contributed by atoms with van der Waals surface area (Å²) in [5.74, 6) is -1.68. The fraction of sp³-hybridized carbons (Fsp3) is 0.292. The van der Waals surface area contributed by atoms with E-state index >= 15 is 0 Å². The number of carbonyl (C=O) groups excluding carboxylic acids is 3. The zero-order valence-electron chi connectivity index (χ0n) is 18.2. The number of allylic oxidation sites excluding steroid dienone is 1. The number of anilines is 1. The summed E-state index contributed by atoms with van der Waals surface area (Å²) in [5.41, 5.74) is 1.78. The van der Waals surface area contributed by atoms with Crippen LogP contribution >= 0.6 is 0 Å². The fourth-order valence-electron chi connectivity index (χ4n) is 3.91. The second-order valence-electron chi connectivity index (χ2n) is 7.64. The molecular formula is C24H23FN2O6. The fourth-order valence-corrected chi connectivity index (χ4v) is 3.91. The molecule has 0 fully saturated rings. The van der Waals surface area contributed by atoms with Gasteiger partial charge >= 0.3 is 5.97 Å². The minimum atomic E-state index is -0.987. The minimum absolute atomic E-state index is 0.138. The Morgan fingerprint density at radius 2 is 1.88 bits per heavy atom. The summed E-state index contributed by atoms with van der Waals surface area (Å²) in [7, 11) is 0. The van der Waals surface area contributed by atoms with Gasteiger partial charge in [0.2, 0.25) is 18.6 Å². The normalized spacial score (nSPS) is 16.9. The van der Waals surface area contributed by atoms with Crippen molar-refractivity contribution in [1.82, 2.24) is 4.90 Å². The lowest BCUT2D eigenvalue weighted by molar-refractivity contribution is -0.141. The first-order valence-electron chi connectivity index (χ1n) is 10.5. The molecule has 0 saturated heterocycles. The molecule has 1 unspecified atom stereocenters. The van der Waals surface area contributed by atoms with Gasteiger partial charge in [0.15, 0.2) is 11.5 Å². The second-order valence-corrected chi connectivity index (χ2v) is 7.64. The Morgan fingerprint density at radius 3 is 2.61 bits per heavy atom. The maximum atomic E-state index is 13.3. The Morgan fingerprint density at radius 1 is 1.15 bits per heavy atom. The van der Waals surface area contributed by atoms with E-state index in [0.717, 1.165) is 5.56 Å². The molecule has 0 radical (unpaired) electrons. The Labute approximate surface area is 189 Å². The third kappa shape index (κ3) is 4.67. The van der Waals surface area contributed by atoms with Crippen LogP contribution in [0.5, 0.6) is 11.5 Å². The molecule has 2 aromatic carbocycles. The average molecular weight is 454 g/mol. The molecule has 4 rings (SSSR count). The third-order valence-electron chi connectivity index (χ3n) is 5.50. The number of carbonyl (C=O) groups is 3. The van der Waals surface area contributed by atoms with Gasteiger partial charge in [-0.3, -0.25) is 9.59 Å². The molecule has 2 aromatic rings. The Balaban J connectivity index is 1.55. The number of esters is 1. The summed E-state index contributed by atoms with van der Waals surface area (Å²) in [5, 5.41) is 2.63. The quantitative estimate of drug-likeness (QED) is 0.645. The number of nitrogens with zero attached hydrogens (tertiary/aromatic N) is 1. The highest BCUT2D eigenvalue weighted by Gasteiger charge is 2.42. The molecule has 0 spiro atoms. The lowest BCUT2D eigenvalue weighted by atomic mass is 9.96. The molecule has 0 saturated carbocycles. The van der Waals surface area contributed by atoms with Crippen molar-refractivity contribution in [2.75, 3.05) is 18.7 Å². The van der Waals surface area contributed by atoms with E-state index in [0.29, 0.717) is 22.9 Å². The minimum Gasteiger partial charge on any atom is -0.463 e. The van der Waals surface area contributed by atoms with Gasteiger partial charge in [-0.1, -0.05) is 6.07 Å². The Hall–Kier alpha value is -3.88. The molecule has 172 valence electrons. The zero-order chi connectivity index (χ0) is 23.5. The number of nitrogens with one attached hydrogen (secondary N) is 1. The molecule has 33 heavy (non-hydrogen) atoms. The molecule has 2 aliphatic heterocycles. The first-order chi connectivity index (χ1) is 15.9. The predicted octanol–water partition coefficient (Wildman–Crippen LogP) is 3.38. The molecule has 0 bridgehead atoms. The van der Waals surface area contributed by atoms with Gasteiger partial charge in [0.25, 0.3) is 0 Å². The lowest BCUT2D eigenvalue weighted by Crippen LogP contribution is -2.30. The van der Waals surface area contributed by atoms with Crippen molar-refractivity contribution >= 4 is 23.5 Å². The number of ether oxygens (including phenoxy) is 3. The van der Waals surface area contributed by atoms with Crippen LogP contribution < -0.4 is 14.8 Å². The third-order valence-corrected chi connectivity index (χ3v) is 5.50. The molecule has 1 atom stereocenters. The van der Waals surface area contributed by atoms with Crippen molar-refractivity contribution < 1.29 is 33.0 Å². The van der Waals surface area contributed by atoms with Crippen molar-refractivity contribution in [2.45, 2.75) is 26.8 Å². The number of amides is 2. The van der Waals surface area contributed by atoms with Gasteiger partial charge in [0.05, 0.1) is 24.6 Å². The van der Waals surface area contributed by atoms with Gasteiger partial charge in [-0.15, -0.1) is 0 Å². The zero-order valence-corrected chi connectivity index (χ0v) is 18.2. The van der Waals surface area contributed by atoms with E-state index in [1.165, 1.54) is 29.2 Å². The summed E-state index contributed by atoms with van der Waals surface area (Å²) < 4.78 is 29.0. The summed E-state index contributed by atoms with van der Waals surface area (Å²) in [6.45, 7) is 3.81. The topological polar surface area (TPSA) is 94.2 Å². The van der Waals surface area contributed by atoms with E-state index < -0.39 is 23.6 Å². The largest absolute Gasteiger partial charge is 0.463 e. The van der Waals surface area contributed by atoms with Crippen LogP contribution in [0.3, 0.4) is 0 Å². The first-order valence-corrected chi connectivity index (χ1v) is 10.5. The molecular weight excluding hydrogens is 431 g/mol. The second kappa shape index (κ2) is 9.32. The summed E-state index contributed by atoms with van der Waals surface area (Å²) in [4.78, 5) is 40.1. The van der Waals surface area contributed by atoms with Crippen LogP contribution in [0.1, 0.15) is 25.8 Å². The van der Waals surface area contributed by atoms with Gasteiger partial charge in [-0.05, 0) is 55.8 Å². The summed E-state index contributed by atoms with van der Waals surface area (Å²) in [6.07, 6.45) is -0.251. The summed E-state index contributed by atoms with van der Waals surface area (Å²) in [6, 6.07) is 10.6. The van der Waals surface area contributed by atoms with Crippen molar-refractivity contribution in [3.05, 3.63) is 65.1 Å². The van der Waals surface area contributed by atoms with Crippen LogP contribution in [0.25, 0.3) is 0 Å². The van der Waals surface area contributed by atoms with E-state index in [2.05, 4.69) is 5.32 Å². The van der Waals surface area contributed by atoms with Crippen molar-refractivity contribution in [2.24, 2.45) is 5.92 Å². The van der Waals surface area contributed by atoms with Crippen LogP contribution in [0, 0.1) is 11.7 Å². The van der Waals surface area contributed by atoms with Crippen molar-refractivity contribution in [3.8, 4) is 11.5 Å². The number of fused-ring (bicyclic) bond motifs is 1. The molecule has 2 amide bonds. The number of benzene rings is 2. The highest BCUT2D eigenvalue weighted by atomic mass is 19.1. The molecule has 0 aromatic heterocycles. The van der Waals surface area contributed by atoms with Crippen molar-refractivity contribution in [3.63, 3.8) is 0 Å². The molecule has 2 aliphatic rings. The molecule has 1 N–H and O–H groups in total. The van der Waals surface area contributed by atoms with Crippen LogP contribution in [0.15, 0.2) is 53.7 Å². The van der Waals surface area contributed by atoms with E-state index in [-0.39, 0.29) is 37.8 Å². The monoisotopic (exact) mass is 454 g/mol. The smallest absolute Gasteiger partial charge is 0.336 e. The predicted molar refractivity (Wildman–Crippen MR) is 116 cm³/mol. The van der Waals surface area contributed by atoms with Gasteiger partial charge in [-0.25, -0.2) is 9.18 Å². The highest BCUT2D eigenvalue weighted by molar-refractivity contribution is 6.05. The average Bonchev–Trinajstić information content (AvgIpc) is 3.34. The SMILES string of the molecule is CCOC(=O)C1=C(C)N(Cc2ccc3c(c2)OCO3)C(=O)C1CC(=O)Nc1ccc(F)cc1. The van der Waals surface area contributed by atoms with Crippen LogP contribution in [0.4, 0.5) is 10.1 Å². The van der Waals surface area contributed by atoms with Crippen molar-refractivity contribution in [1.29, 1.82) is 0 Å². The van der Waals surface area contributed by atoms with E-state index in [1.807, 2.05) is 6.07 Å². The maximum Gasteiger partial charge on any atom is 0.336 e. The highest BCUT2D eigenvalue weighted by Crippen LogP contribution is 2.37. The first kappa shape index (κ1) is 22.3. The Kier molecular flexibility index (Phi) is 6.30. The molecule has 9 heteroatoms. The van der Waals surface area contributed by atoms with Crippen LogP contribution in [-0.2, 0) is 25.7 Å². The number of hydrogen-bond acceptors (Lipinski definition) is 6. The summed E-state index contributed by atoms with van der Waals surface area (Å²) >= 11 is 0. The van der Waals surface area contributed by atoms with E-state index in [9.17, 15) is 18.8 Å².